The number of likely N-dealkylation sites (tertiary alicyclic amines) is 1. The van der Waals surface area contributed by atoms with Gasteiger partial charge in [0.2, 0.25) is 12.3 Å². The lowest BCUT2D eigenvalue weighted by atomic mass is 9.95. The zero-order chi connectivity index (χ0) is 28.0. The van der Waals surface area contributed by atoms with Crippen LogP contribution in [0.4, 0.5) is 14.6 Å². The normalized spacial score (nSPS) is 20.1. The summed E-state index contributed by atoms with van der Waals surface area (Å²) in [5, 5.41) is 15.1. The minimum Gasteiger partial charge on any atom is -0.391 e. The minimum atomic E-state index is -0.850. The first kappa shape index (κ1) is 26.2. The molecule has 0 radical (unpaired) electrons. The molecule has 2 saturated heterocycles. The standard InChI is InChI=1S/C29H30F2N6O3/c1-16(2)29-34-27(35-40-29)17-5-8-36(9-6-17)28-22-13-19(30)12-21(25(22)32-14-33-28)18-3-4-20(23(31)11-18)26-24(39)7-10-37(26)15-38/h3-4,11-17,24,26,39H,5-10H2,1-2H3. The van der Waals surface area contributed by atoms with Crippen LogP contribution in [0.2, 0.25) is 0 Å². The van der Waals surface area contributed by atoms with Gasteiger partial charge in [0.25, 0.3) is 0 Å². The van der Waals surface area contributed by atoms with Crippen LogP contribution < -0.4 is 4.90 Å². The number of anilines is 1. The van der Waals surface area contributed by atoms with Gasteiger partial charge in [-0.3, -0.25) is 4.79 Å². The monoisotopic (exact) mass is 548 g/mol. The summed E-state index contributed by atoms with van der Waals surface area (Å²) >= 11 is 0. The van der Waals surface area contributed by atoms with Gasteiger partial charge in [0.05, 0.1) is 17.7 Å². The highest BCUT2D eigenvalue weighted by Crippen LogP contribution is 2.38. The van der Waals surface area contributed by atoms with Crippen molar-refractivity contribution in [2.75, 3.05) is 24.5 Å². The summed E-state index contributed by atoms with van der Waals surface area (Å²) in [6, 6.07) is 6.52. The summed E-state index contributed by atoms with van der Waals surface area (Å²) in [6.45, 7) is 5.73. The van der Waals surface area contributed by atoms with Crippen molar-refractivity contribution in [2.24, 2.45) is 0 Å². The first-order chi connectivity index (χ1) is 19.3. The molecule has 4 aromatic rings. The van der Waals surface area contributed by atoms with Gasteiger partial charge in [0.1, 0.15) is 23.8 Å². The lowest BCUT2D eigenvalue weighted by Crippen LogP contribution is -2.34. The Morgan fingerprint density at radius 2 is 1.88 bits per heavy atom. The van der Waals surface area contributed by atoms with Crippen molar-refractivity contribution >= 4 is 23.1 Å². The number of carbonyl (C=O) groups is 1. The zero-order valence-corrected chi connectivity index (χ0v) is 22.3. The lowest BCUT2D eigenvalue weighted by molar-refractivity contribution is -0.119. The number of hydrogen-bond donors (Lipinski definition) is 1. The molecule has 11 heteroatoms. The van der Waals surface area contributed by atoms with Crippen LogP contribution in [-0.4, -0.2) is 62.3 Å². The Bertz CT molecular complexity index is 1550. The molecule has 2 aromatic carbocycles. The summed E-state index contributed by atoms with van der Waals surface area (Å²) < 4.78 is 35.7. The number of piperidine rings is 1. The molecule has 1 N–H and O–H groups in total. The van der Waals surface area contributed by atoms with E-state index in [9.17, 15) is 14.3 Å². The Balaban J connectivity index is 1.29. The van der Waals surface area contributed by atoms with E-state index in [-0.39, 0.29) is 17.4 Å². The van der Waals surface area contributed by atoms with Crippen molar-refractivity contribution < 1.29 is 23.2 Å². The third kappa shape index (κ3) is 4.68. The lowest BCUT2D eigenvalue weighted by Gasteiger charge is -2.32. The number of rotatable bonds is 6. The van der Waals surface area contributed by atoms with Crippen LogP contribution >= 0.6 is 0 Å². The molecule has 0 saturated carbocycles. The summed E-state index contributed by atoms with van der Waals surface area (Å²) in [6.07, 6.45) is 3.19. The van der Waals surface area contributed by atoms with E-state index in [1.54, 1.807) is 12.1 Å². The van der Waals surface area contributed by atoms with Gasteiger partial charge in [-0.25, -0.2) is 18.7 Å². The molecule has 208 valence electrons. The fraction of sp³-hybridized carbons (Fsp3) is 0.414. The van der Waals surface area contributed by atoms with Crippen molar-refractivity contribution in [3.05, 3.63) is 65.6 Å². The number of amides is 1. The largest absolute Gasteiger partial charge is 0.391 e. The molecule has 40 heavy (non-hydrogen) atoms. The fourth-order valence-electron chi connectivity index (χ4n) is 5.83. The van der Waals surface area contributed by atoms with Crippen LogP contribution in [0.1, 0.15) is 68.3 Å². The van der Waals surface area contributed by atoms with E-state index in [4.69, 9.17) is 4.52 Å². The minimum absolute atomic E-state index is 0.169. The van der Waals surface area contributed by atoms with Crippen molar-refractivity contribution in [3.8, 4) is 11.1 Å². The van der Waals surface area contributed by atoms with Gasteiger partial charge in [-0.05, 0) is 43.0 Å². The Kier molecular flexibility index (Phi) is 6.91. The predicted octanol–water partition coefficient (Wildman–Crippen LogP) is 4.73. The van der Waals surface area contributed by atoms with Crippen molar-refractivity contribution in [3.63, 3.8) is 0 Å². The van der Waals surface area contributed by atoms with Gasteiger partial charge in [-0.15, -0.1) is 0 Å². The van der Waals surface area contributed by atoms with E-state index in [1.165, 1.54) is 29.4 Å². The first-order valence-corrected chi connectivity index (χ1v) is 13.6. The third-order valence-electron chi connectivity index (χ3n) is 7.96. The van der Waals surface area contributed by atoms with Crippen LogP contribution in [0.5, 0.6) is 0 Å². The summed E-state index contributed by atoms with van der Waals surface area (Å²) in [7, 11) is 0. The van der Waals surface area contributed by atoms with Gasteiger partial charge in [-0.2, -0.15) is 4.98 Å². The number of halogens is 2. The second-order valence-electron chi connectivity index (χ2n) is 10.8. The Labute approximate surface area is 229 Å². The maximum Gasteiger partial charge on any atom is 0.229 e. The van der Waals surface area contributed by atoms with Crippen LogP contribution in [-0.2, 0) is 4.79 Å². The van der Waals surface area contributed by atoms with Gasteiger partial charge >= 0.3 is 0 Å². The quantitative estimate of drug-likeness (QED) is 0.345. The summed E-state index contributed by atoms with van der Waals surface area (Å²) in [4.78, 5) is 28.4. The van der Waals surface area contributed by atoms with E-state index in [1.807, 2.05) is 13.8 Å². The Morgan fingerprint density at radius 1 is 1.07 bits per heavy atom. The smallest absolute Gasteiger partial charge is 0.229 e. The van der Waals surface area contributed by atoms with E-state index < -0.39 is 23.8 Å². The second-order valence-corrected chi connectivity index (χ2v) is 10.8. The van der Waals surface area contributed by atoms with E-state index in [2.05, 4.69) is 25.0 Å². The highest BCUT2D eigenvalue weighted by molar-refractivity contribution is 5.99. The van der Waals surface area contributed by atoms with Crippen LogP contribution in [0.15, 0.2) is 41.2 Å². The number of aliphatic hydroxyl groups is 1. The molecule has 6 rings (SSSR count). The molecule has 1 amide bonds. The number of carbonyl (C=O) groups excluding carboxylic acids is 1. The molecule has 9 nitrogen and oxygen atoms in total. The predicted molar refractivity (Wildman–Crippen MR) is 144 cm³/mol. The molecule has 4 heterocycles. The third-order valence-corrected chi connectivity index (χ3v) is 7.96. The molecule has 2 unspecified atom stereocenters. The van der Waals surface area contributed by atoms with E-state index in [0.717, 1.165) is 18.7 Å². The zero-order valence-electron chi connectivity index (χ0n) is 22.3. The average Bonchev–Trinajstić information content (AvgIpc) is 3.60. The molecule has 2 aromatic heterocycles. The van der Waals surface area contributed by atoms with Gasteiger partial charge in [0, 0.05) is 48.0 Å². The van der Waals surface area contributed by atoms with Crippen molar-refractivity contribution in [1.82, 2.24) is 25.0 Å². The summed E-state index contributed by atoms with van der Waals surface area (Å²) in [5.41, 5.74) is 1.61. The number of aromatic nitrogens is 4. The topological polar surface area (TPSA) is 108 Å². The average molecular weight is 549 g/mol. The van der Waals surface area contributed by atoms with Gasteiger partial charge in [-0.1, -0.05) is 31.1 Å². The highest BCUT2D eigenvalue weighted by Gasteiger charge is 2.35. The molecule has 0 aliphatic carbocycles. The number of hydrogen-bond acceptors (Lipinski definition) is 8. The maximum absolute atomic E-state index is 15.4. The summed E-state index contributed by atoms with van der Waals surface area (Å²) in [5.74, 6) is 1.25. The molecular weight excluding hydrogens is 518 g/mol. The molecule has 0 bridgehead atoms. The van der Waals surface area contributed by atoms with Crippen LogP contribution in [0, 0.1) is 11.6 Å². The highest BCUT2D eigenvalue weighted by atomic mass is 19.1. The number of benzene rings is 2. The second kappa shape index (κ2) is 10.5. The number of nitrogens with zero attached hydrogens (tertiary/aromatic N) is 6. The molecule has 2 aliphatic heterocycles. The fourth-order valence-corrected chi connectivity index (χ4v) is 5.83. The number of aliphatic hydroxyl groups excluding tert-OH is 1. The first-order valence-electron chi connectivity index (χ1n) is 13.6. The molecule has 2 aliphatic rings. The van der Waals surface area contributed by atoms with Gasteiger partial charge < -0.3 is 19.4 Å². The van der Waals surface area contributed by atoms with Crippen molar-refractivity contribution in [1.29, 1.82) is 0 Å². The van der Waals surface area contributed by atoms with E-state index in [0.29, 0.717) is 66.2 Å². The molecule has 2 fully saturated rings. The van der Waals surface area contributed by atoms with Crippen molar-refractivity contribution in [2.45, 2.75) is 57.1 Å². The molecule has 0 spiro atoms. The number of fused-ring (bicyclic) bond motifs is 1. The van der Waals surface area contributed by atoms with Gasteiger partial charge in [0.15, 0.2) is 5.82 Å². The van der Waals surface area contributed by atoms with Crippen LogP contribution in [0.25, 0.3) is 22.0 Å². The molecule has 2 atom stereocenters. The molecular formula is C29H30F2N6O3. The Hall–Kier alpha value is -3.99. The Morgan fingerprint density at radius 3 is 2.58 bits per heavy atom. The maximum atomic E-state index is 15.4. The van der Waals surface area contributed by atoms with E-state index >= 15 is 4.39 Å². The van der Waals surface area contributed by atoms with Crippen LogP contribution in [0.3, 0.4) is 0 Å². The SMILES string of the molecule is CC(C)c1nc(C2CCN(c3ncnc4c(-c5ccc(C6C(O)CCN6C=O)c(F)c5)cc(F)cc34)CC2)no1.